The lowest BCUT2D eigenvalue weighted by atomic mass is 10.1. The number of hydrogen-bond acceptors (Lipinski definition) is 3. The highest BCUT2D eigenvalue weighted by Gasteiger charge is 2.07. The van der Waals surface area contributed by atoms with Crippen LogP contribution in [0.5, 0.6) is 5.75 Å². The van der Waals surface area contributed by atoms with Gasteiger partial charge in [-0.1, -0.05) is 26.0 Å². The van der Waals surface area contributed by atoms with Crippen LogP contribution in [0, 0.1) is 19.8 Å². The van der Waals surface area contributed by atoms with E-state index in [1.165, 1.54) is 23.1 Å². The summed E-state index contributed by atoms with van der Waals surface area (Å²) in [6.07, 6.45) is 2.34. The van der Waals surface area contributed by atoms with Crippen LogP contribution >= 0.6 is 0 Å². The van der Waals surface area contributed by atoms with Crippen LogP contribution in [0.2, 0.25) is 0 Å². The molecule has 0 aromatic heterocycles. The van der Waals surface area contributed by atoms with Gasteiger partial charge in [0, 0.05) is 20.2 Å². The lowest BCUT2D eigenvalue weighted by Gasteiger charge is -2.15. The van der Waals surface area contributed by atoms with Crippen molar-refractivity contribution in [3.05, 3.63) is 28.8 Å². The van der Waals surface area contributed by atoms with Crippen molar-refractivity contribution < 1.29 is 9.47 Å². The molecule has 0 heterocycles. The SMILES string of the molecule is COCCNCc1cc(C)c(OCCCC(C)C)c(C)c1. The molecule has 21 heavy (non-hydrogen) atoms. The minimum atomic E-state index is 0.745. The predicted octanol–water partition coefficient (Wildman–Crippen LogP) is 3.85. The van der Waals surface area contributed by atoms with Crippen LogP contribution in [-0.2, 0) is 11.3 Å². The van der Waals surface area contributed by atoms with Gasteiger partial charge in [-0.05, 0) is 49.3 Å². The highest BCUT2D eigenvalue weighted by Crippen LogP contribution is 2.25. The van der Waals surface area contributed by atoms with E-state index in [4.69, 9.17) is 9.47 Å². The van der Waals surface area contributed by atoms with Gasteiger partial charge >= 0.3 is 0 Å². The Morgan fingerprint density at radius 3 is 2.33 bits per heavy atom. The first-order chi connectivity index (χ1) is 10.0. The van der Waals surface area contributed by atoms with Crippen LogP contribution in [0.1, 0.15) is 43.4 Å². The average molecular weight is 293 g/mol. The molecule has 3 heteroatoms. The van der Waals surface area contributed by atoms with Crippen molar-refractivity contribution in [2.24, 2.45) is 5.92 Å². The molecule has 0 saturated heterocycles. The average Bonchev–Trinajstić information content (AvgIpc) is 2.41. The molecule has 0 radical (unpaired) electrons. The fraction of sp³-hybridized carbons (Fsp3) is 0.667. The molecule has 1 aromatic carbocycles. The summed E-state index contributed by atoms with van der Waals surface area (Å²) in [5.74, 6) is 1.80. The molecule has 0 amide bonds. The van der Waals surface area contributed by atoms with E-state index in [-0.39, 0.29) is 0 Å². The van der Waals surface area contributed by atoms with E-state index in [1.54, 1.807) is 7.11 Å². The second kappa shape index (κ2) is 9.80. The molecule has 0 atom stereocenters. The van der Waals surface area contributed by atoms with E-state index in [2.05, 4.69) is 45.1 Å². The molecule has 1 rings (SSSR count). The maximum Gasteiger partial charge on any atom is 0.125 e. The zero-order valence-corrected chi connectivity index (χ0v) is 14.3. The fourth-order valence-corrected chi connectivity index (χ4v) is 2.44. The van der Waals surface area contributed by atoms with Crippen LogP contribution in [-0.4, -0.2) is 26.9 Å². The molecule has 0 aliphatic heterocycles. The third kappa shape index (κ3) is 6.96. The van der Waals surface area contributed by atoms with E-state index in [0.29, 0.717) is 0 Å². The van der Waals surface area contributed by atoms with E-state index >= 15 is 0 Å². The highest BCUT2D eigenvalue weighted by atomic mass is 16.5. The number of nitrogens with one attached hydrogen (secondary N) is 1. The Morgan fingerprint density at radius 2 is 1.76 bits per heavy atom. The van der Waals surface area contributed by atoms with Crippen molar-refractivity contribution in [3.63, 3.8) is 0 Å². The van der Waals surface area contributed by atoms with Crippen LogP contribution < -0.4 is 10.1 Å². The Bertz CT molecular complexity index is 393. The normalized spacial score (nSPS) is 11.1. The summed E-state index contributed by atoms with van der Waals surface area (Å²) in [7, 11) is 1.72. The van der Waals surface area contributed by atoms with Gasteiger partial charge in [-0.3, -0.25) is 0 Å². The third-order valence-corrected chi connectivity index (χ3v) is 3.50. The molecular formula is C18H31NO2. The van der Waals surface area contributed by atoms with E-state index in [1.807, 2.05) is 0 Å². The Labute approximate surface area is 130 Å². The number of methoxy groups -OCH3 is 1. The van der Waals surface area contributed by atoms with Crippen molar-refractivity contribution >= 4 is 0 Å². The van der Waals surface area contributed by atoms with E-state index in [9.17, 15) is 0 Å². The van der Waals surface area contributed by atoms with Gasteiger partial charge in [0.25, 0.3) is 0 Å². The van der Waals surface area contributed by atoms with Crippen LogP contribution in [0.4, 0.5) is 0 Å². The number of aryl methyl sites for hydroxylation is 2. The van der Waals surface area contributed by atoms with Gasteiger partial charge in [0.05, 0.1) is 13.2 Å². The smallest absolute Gasteiger partial charge is 0.125 e. The Hall–Kier alpha value is -1.06. The first-order valence-electron chi connectivity index (χ1n) is 7.97. The highest BCUT2D eigenvalue weighted by molar-refractivity contribution is 5.43. The summed E-state index contributed by atoms with van der Waals surface area (Å²) in [5, 5.41) is 3.38. The predicted molar refractivity (Wildman–Crippen MR) is 89.1 cm³/mol. The lowest BCUT2D eigenvalue weighted by molar-refractivity contribution is 0.199. The topological polar surface area (TPSA) is 30.5 Å². The molecule has 1 N–H and O–H groups in total. The molecule has 0 aliphatic rings. The molecule has 3 nitrogen and oxygen atoms in total. The summed E-state index contributed by atoms with van der Waals surface area (Å²) in [6.45, 7) is 12.1. The maximum atomic E-state index is 5.98. The molecular weight excluding hydrogens is 262 g/mol. The fourth-order valence-electron chi connectivity index (χ4n) is 2.44. The lowest BCUT2D eigenvalue weighted by Crippen LogP contribution is -2.18. The Balaban J connectivity index is 2.50. The van der Waals surface area contributed by atoms with Gasteiger partial charge in [-0.25, -0.2) is 0 Å². The van der Waals surface area contributed by atoms with Crippen LogP contribution in [0.25, 0.3) is 0 Å². The third-order valence-electron chi connectivity index (χ3n) is 3.50. The Kier molecular flexibility index (Phi) is 8.40. The van der Waals surface area contributed by atoms with Crippen molar-refractivity contribution in [2.75, 3.05) is 26.9 Å². The molecule has 0 fully saturated rings. The minimum absolute atomic E-state index is 0.745. The zero-order valence-electron chi connectivity index (χ0n) is 14.3. The second-order valence-corrected chi connectivity index (χ2v) is 6.11. The van der Waals surface area contributed by atoms with Crippen molar-refractivity contribution in [1.82, 2.24) is 5.32 Å². The summed E-state index contributed by atoms with van der Waals surface area (Å²) in [6, 6.07) is 4.43. The van der Waals surface area contributed by atoms with Crippen LogP contribution in [0.3, 0.4) is 0 Å². The number of rotatable bonds is 10. The van der Waals surface area contributed by atoms with Gasteiger partial charge in [0.1, 0.15) is 5.75 Å². The summed E-state index contributed by atoms with van der Waals surface area (Å²) in [5.41, 5.74) is 3.75. The summed E-state index contributed by atoms with van der Waals surface area (Å²) >= 11 is 0. The molecule has 0 bridgehead atoms. The molecule has 0 aliphatic carbocycles. The molecule has 1 aromatic rings. The largest absolute Gasteiger partial charge is 0.493 e. The van der Waals surface area contributed by atoms with Gasteiger partial charge in [0.15, 0.2) is 0 Å². The van der Waals surface area contributed by atoms with Gasteiger partial charge < -0.3 is 14.8 Å². The minimum Gasteiger partial charge on any atom is -0.493 e. The van der Waals surface area contributed by atoms with Crippen molar-refractivity contribution in [1.29, 1.82) is 0 Å². The first kappa shape index (κ1) is 18.0. The molecule has 0 unspecified atom stereocenters. The summed E-state index contributed by atoms with van der Waals surface area (Å²) < 4.78 is 11.0. The van der Waals surface area contributed by atoms with Gasteiger partial charge in [0.2, 0.25) is 0 Å². The summed E-state index contributed by atoms with van der Waals surface area (Å²) in [4.78, 5) is 0. The van der Waals surface area contributed by atoms with E-state index in [0.717, 1.165) is 44.4 Å². The van der Waals surface area contributed by atoms with Crippen molar-refractivity contribution in [2.45, 2.75) is 47.1 Å². The molecule has 120 valence electrons. The second-order valence-electron chi connectivity index (χ2n) is 6.11. The first-order valence-corrected chi connectivity index (χ1v) is 7.97. The van der Waals surface area contributed by atoms with Crippen LogP contribution in [0.15, 0.2) is 12.1 Å². The monoisotopic (exact) mass is 293 g/mol. The number of benzene rings is 1. The zero-order chi connectivity index (χ0) is 15.7. The van der Waals surface area contributed by atoms with Gasteiger partial charge in [-0.15, -0.1) is 0 Å². The quantitative estimate of drug-likeness (QED) is 0.665. The molecule has 0 saturated carbocycles. The number of ether oxygens (including phenoxy) is 2. The molecule has 0 spiro atoms. The van der Waals surface area contributed by atoms with Crippen molar-refractivity contribution in [3.8, 4) is 5.75 Å². The Morgan fingerprint density at radius 1 is 1.10 bits per heavy atom. The van der Waals surface area contributed by atoms with E-state index < -0.39 is 0 Å². The standard InChI is InChI=1S/C18H31NO2/c1-14(2)7-6-9-21-18-15(3)11-17(12-16(18)4)13-19-8-10-20-5/h11-12,14,19H,6-10,13H2,1-5H3. The van der Waals surface area contributed by atoms with Gasteiger partial charge in [-0.2, -0.15) is 0 Å². The maximum absolute atomic E-state index is 5.98. The number of hydrogen-bond donors (Lipinski definition) is 1.